The number of aryl methyl sites for hydroxylation is 1. The first kappa shape index (κ1) is 25.4. The maximum Gasteiger partial charge on any atom is 0.201 e. The highest BCUT2D eigenvalue weighted by Gasteiger charge is 2.22. The molecule has 1 atom stereocenters. The van der Waals surface area contributed by atoms with Crippen molar-refractivity contribution < 1.29 is 13.2 Å². The van der Waals surface area contributed by atoms with Crippen LogP contribution in [0, 0.1) is 6.92 Å². The third-order valence-electron chi connectivity index (χ3n) is 6.20. The zero-order chi connectivity index (χ0) is 25.9. The molecule has 1 fully saturated rings. The number of fused-ring (bicyclic) bond motifs is 1. The third-order valence-corrected chi connectivity index (χ3v) is 6.96. The van der Waals surface area contributed by atoms with Crippen LogP contribution >= 0.6 is 11.6 Å². The number of H-pyrrole nitrogens is 1. The number of ether oxygens (including phenoxy) is 1. The number of hydrogen-bond acceptors (Lipinski definition) is 10. The molecule has 0 radical (unpaired) electrons. The second-order valence-corrected chi connectivity index (χ2v) is 9.79. The summed E-state index contributed by atoms with van der Waals surface area (Å²) in [7, 11) is -2.77. The molecule has 4 aromatic rings. The van der Waals surface area contributed by atoms with Crippen LogP contribution in [0.5, 0.6) is 0 Å². The van der Waals surface area contributed by atoms with Crippen molar-refractivity contribution >= 4 is 45.2 Å². The Morgan fingerprint density at radius 3 is 2.76 bits per heavy atom. The molecule has 5 heterocycles. The first-order valence-corrected chi connectivity index (χ1v) is 13.2. The van der Waals surface area contributed by atoms with Crippen molar-refractivity contribution in [1.29, 1.82) is 0 Å². The highest BCUT2D eigenvalue weighted by Crippen LogP contribution is 2.34. The van der Waals surface area contributed by atoms with Gasteiger partial charge >= 0.3 is 0 Å². The van der Waals surface area contributed by atoms with Gasteiger partial charge in [0.25, 0.3) is 0 Å². The largest absolute Gasteiger partial charge is 0.379 e. The molecule has 4 aromatic heterocycles. The van der Waals surface area contributed by atoms with Gasteiger partial charge in [-0.05, 0) is 31.5 Å². The number of thiol groups is 1. The molecule has 37 heavy (non-hydrogen) atoms. The van der Waals surface area contributed by atoms with Crippen molar-refractivity contribution in [2.45, 2.75) is 26.4 Å². The van der Waals surface area contributed by atoms with Crippen LogP contribution in [-0.2, 0) is 22.2 Å². The predicted octanol–water partition coefficient (Wildman–Crippen LogP) is 2.52. The fourth-order valence-electron chi connectivity index (χ4n) is 4.27. The van der Waals surface area contributed by atoms with Gasteiger partial charge in [-0.25, -0.2) is 38.1 Å². The number of pyridine rings is 2. The number of halogens is 1. The molecule has 1 aliphatic heterocycles. The molecule has 1 saturated heterocycles. The van der Waals surface area contributed by atoms with Crippen molar-refractivity contribution in [3.63, 3.8) is 0 Å². The number of aromatic nitrogens is 6. The van der Waals surface area contributed by atoms with E-state index in [-0.39, 0.29) is 17.7 Å². The van der Waals surface area contributed by atoms with E-state index in [9.17, 15) is 8.42 Å². The van der Waals surface area contributed by atoms with Gasteiger partial charge in [0.15, 0.2) is 5.65 Å². The van der Waals surface area contributed by atoms with E-state index in [0.717, 1.165) is 24.2 Å². The van der Waals surface area contributed by atoms with Crippen LogP contribution in [0.3, 0.4) is 0 Å². The summed E-state index contributed by atoms with van der Waals surface area (Å²) in [5.41, 5.74) is 4.80. The smallest absolute Gasteiger partial charge is 0.201 e. The Morgan fingerprint density at radius 1 is 1.16 bits per heavy atom. The minimum Gasteiger partial charge on any atom is -0.379 e. The monoisotopic (exact) mass is 543 g/mol. The zero-order valence-electron chi connectivity index (χ0n) is 20.2. The predicted molar refractivity (Wildman–Crippen MR) is 140 cm³/mol. The number of hydrogen-bond donors (Lipinski definition) is 4. The molecule has 5 rings (SSSR count). The molecule has 194 valence electrons. The fraction of sp³-hybridized carbons (Fsp3) is 0.348. The second kappa shape index (κ2) is 11.0. The van der Waals surface area contributed by atoms with E-state index >= 15 is 0 Å². The van der Waals surface area contributed by atoms with Crippen LogP contribution in [0.1, 0.15) is 29.9 Å². The van der Waals surface area contributed by atoms with Crippen LogP contribution in [0.4, 0.5) is 11.5 Å². The fourth-order valence-corrected chi connectivity index (χ4v) is 4.74. The number of rotatable bonds is 8. The first-order chi connectivity index (χ1) is 17.9. The normalized spacial score (nSPS) is 15.4. The molecule has 1 unspecified atom stereocenters. The van der Waals surface area contributed by atoms with Crippen molar-refractivity contribution in [2.75, 3.05) is 31.6 Å². The van der Waals surface area contributed by atoms with Gasteiger partial charge in [-0.15, -0.1) is 0 Å². The Kier molecular flexibility index (Phi) is 7.58. The van der Waals surface area contributed by atoms with Gasteiger partial charge in [-0.3, -0.25) is 4.90 Å². The second-order valence-electron chi connectivity index (χ2n) is 8.60. The van der Waals surface area contributed by atoms with E-state index in [1.165, 1.54) is 0 Å². The maximum absolute atomic E-state index is 11.0. The van der Waals surface area contributed by atoms with Crippen LogP contribution in [0.25, 0.3) is 22.4 Å². The van der Waals surface area contributed by atoms with Crippen molar-refractivity contribution in [2.24, 2.45) is 0 Å². The SMILES string of the molecule is Cc1nc(-c2cc(C(C)N3CCOCC3)cnc2Nc2cnc(Cl)c(CN[SH](=O)=O)c2)c2nc[nH]c2n1. The van der Waals surface area contributed by atoms with Gasteiger partial charge in [0, 0.05) is 43.0 Å². The van der Waals surface area contributed by atoms with Gasteiger partial charge in [0.2, 0.25) is 10.9 Å². The maximum atomic E-state index is 11.0. The zero-order valence-corrected chi connectivity index (χ0v) is 21.9. The Labute approximate surface area is 220 Å². The number of nitrogens with one attached hydrogen (secondary N) is 3. The molecule has 14 heteroatoms. The molecular weight excluding hydrogens is 518 g/mol. The van der Waals surface area contributed by atoms with Crippen LogP contribution in [-0.4, -0.2) is 69.5 Å². The third kappa shape index (κ3) is 5.70. The summed E-state index contributed by atoms with van der Waals surface area (Å²) in [5.74, 6) is 1.14. The summed E-state index contributed by atoms with van der Waals surface area (Å²) >= 11 is 6.18. The average Bonchev–Trinajstić information content (AvgIpc) is 3.37. The number of imidazole rings is 1. The number of nitrogens with zero attached hydrogens (tertiary/aromatic N) is 6. The molecule has 0 amide bonds. The number of morpholine rings is 1. The highest BCUT2D eigenvalue weighted by molar-refractivity contribution is 7.70. The van der Waals surface area contributed by atoms with Crippen molar-refractivity contribution in [3.8, 4) is 11.3 Å². The molecular formula is C23H26ClN9O3S. The lowest BCUT2D eigenvalue weighted by atomic mass is 10.0. The van der Waals surface area contributed by atoms with Crippen LogP contribution < -0.4 is 10.0 Å². The Hall–Kier alpha value is -3.23. The first-order valence-electron chi connectivity index (χ1n) is 11.7. The number of aromatic amines is 1. The van der Waals surface area contributed by atoms with Crippen molar-refractivity contribution in [1.82, 2.24) is 39.5 Å². The topological polar surface area (TPSA) is 151 Å². The Morgan fingerprint density at radius 2 is 1.97 bits per heavy atom. The summed E-state index contributed by atoms with van der Waals surface area (Å²) in [5, 5.41) is 3.52. The summed E-state index contributed by atoms with van der Waals surface area (Å²) in [6.07, 6.45) is 5.00. The molecule has 0 spiro atoms. The molecule has 0 aromatic carbocycles. The van der Waals surface area contributed by atoms with Crippen molar-refractivity contribution in [3.05, 3.63) is 53.0 Å². The standard InChI is InChI=1S/C23H26ClN9O3S/c1-13(33-3-5-36-6-4-33)15-8-18(19-20-23(28-12-27-20)31-14(2)30-19)22(26-9-15)32-17-7-16(10-29-37(34)35)21(24)25-11-17/h7-9,11-13,37H,3-6,10H2,1-2H3,(H,26,32)(H,29,34,35)(H,27,28,30,31). The van der Waals surface area contributed by atoms with E-state index in [4.69, 9.17) is 26.3 Å². The molecule has 1 aliphatic rings. The minimum atomic E-state index is -2.77. The minimum absolute atomic E-state index is 0.0232. The lowest BCUT2D eigenvalue weighted by molar-refractivity contribution is 0.0198. The van der Waals surface area contributed by atoms with Gasteiger partial charge in [0.1, 0.15) is 28.0 Å². The highest BCUT2D eigenvalue weighted by atomic mass is 35.5. The van der Waals surface area contributed by atoms with Crippen LogP contribution in [0.15, 0.2) is 30.9 Å². The lowest BCUT2D eigenvalue weighted by Crippen LogP contribution is -2.38. The summed E-state index contributed by atoms with van der Waals surface area (Å²) < 4.78 is 29.8. The Bertz CT molecular complexity index is 1500. The lowest BCUT2D eigenvalue weighted by Gasteiger charge is -2.32. The van der Waals surface area contributed by atoms with E-state index in [1.54, 1.807) is 18.6 Å². The molecule has 12 nitrogen and oxygen atoms in total. The van der Waals surface area contributed by atoms with E-state index in [2.05, 4.69) is 47.9 Å². The summed E-state index contributed by atoms with van der Waals surface area (Å²) in [6, 6.07) is 3.91. The quantitative estimate of drug-likeness (QED) is 0.193. The van der Waals surface area contributed by atoms with E-state index < -0.39 is 10.9 Å². The average molecular weight is 544 g/mol. The van der Waals surface area contributed by atoms with Gasteiger partial charge in [0.05, 0.1) is 31.4 Å². The molecule has 0 aliphatic carbocycles. The molecule has 0 saturated carbocycles. The summed E-state index contributed by atoms with van der Waals surface area (Å²) in [4.78, 5) is 28.0. The van der Waals surface area contributed by atoms with Gasteiger partial charge in [-0.2, -0.15) is 0 Å². The molecule has 0 bridgehead atoms. The van der Waals surface area contributed by atoms with Crippen LogP contribution in [0.2, 0.25) is 5.15 Å². The Balaban J connectivity index is 1.57. The van der Waals surface area contributed by atoms with E-state index in [0.29, 0.717) is 53.0 Å². The molecule has 3 N–H and O–H groups in total. The number of anilines is 2. The van der Waals surface area contributed by atoms with Gasteiger partial charge < -0.3 is 15.0 Å². The van der Waals surface area contributed by atoms with E-state index in [1.807, 2.05) is 13.1 Å². The summed E-state index contributed by atoms with van der Waals surface area (Å²) in [6.45, 7) is 7.08. The van der Waals surface area contributed by atoms with Gasteiger partial charge in [-0.1, -0.05) is 11.6 Å².